The van der Waals surface area contributed by atoms with Crippen LogP contribution in [-0.2, 0) is 15.4 Å². The Bertz CT molecular complexity index is 938. The molecule has 6 heteroatoms. The molecule has 0 radical (unpaired) electrons. The second-order valence-electron chi connectivity index (χ2n) is 10.3. The molecule has 4 nitrogen and oxygen atoms in total. The minimum atomic E-state index is -4.62. The molecule has 30 heavy (non-hydrogen) atoms. The van der Waals surface area contributed by atoms with Gasteiger partial charge in [-0.15, -0.1) is 0 Å². The van der Waals surface area contributed by atoms with E-state index in [0.717, 1.165) is 33.4 Å². The van der Waals surface area contributed by atoms with Crippen LogP contribution in [0.2, 0.25) is 0 Å². The normalized spacial score (nSPS) is 21.2. The Morgan fingerprint density at radius 1 is 0.800 bits per heavy atom. The standard InChI is InChI=1S/C24H33O4P.Li/c1-14-10-17-16(3)18-11-15(2)13-20(24(7,8)9)22(18)28-29(25,26)27-21(17)19(12-14)23(4,5)6;/h10-13,16H,1-9H3,(H,25,26);/q;+1/p-1. The van der Waals surface area contributed by atoms with Gasteiger partial charge in [0.25, 0.3) is 0 Å². The first-order chi connectivity index (χ1) is 13.1. The van der Waals surface area contributed by atoms with Gasteiger partial charge in [-0.05, 0) is 24.7 Å². The zero-order chi connectivity index (χ0) is 21.9. The van der Waals surface area contributed by atoms with E-state index < -0.39 is 7.82 Å². The van der Waals surface area contributed by atoms with Gasteiger partial charge in [-0.1, -0.05) is 83.9 Å². The summed E-state index contributed by atoms with van der Waals surface area (Å²) in [5.41, 5.74) is 5.09. The molecule has 0 aliphatic carbocycles. The van der Waals surface area contributed by atoms with Crippen molar-refractivity contribution in [2.75, 3.05) is 0 Å². The average molecular weight is 422 g/mol. The van der Waals surface area contributed by atoms with Gasteiger partial charge in [0.15, 0.2) is 0 Å². The van der Waals surface area contributed by atoms with Crippen molar-refractivity contribution in [3.63, 3.8) is 0 Å². The van der Waals surface area contributed by atoms with Crippen LogP contribution in [-0.4, -0.2) is 0 Å². The van der Waals surface area contributed by atoms with Crippen molar-refractivity contribution in [2.24, 2.45) is 0 Å². The predicted molar refractivity (Wildman–Crippen MR) is 116 cm³/mol. The summed E-state index contributed by atoms with van der Waals surface area (Å²) in [6, 6.07) is 8.07. The maximum atomic E-state index is 13.0. The summed E-state index contributed by atoms with van der Waals surface area (Å²) < 4.78 is 24.2. The van der Waals surface area contributed by atoms with Gasteiger partial charge in [-0.3, -0.25) is 0 Å². The summed E-state index contributed by atoms with van der Waals surface area (Å²) in [6.07, 6.45) is 0. The topological polar surface area (TPSA) is 58.6 Å². The summed E-state index contributed by atoms with van der Waals surface area (Å²) in [7, 11) is -4.62. The maximum Gasteiger partial charge on any atom is 1.00 e. The molecular formula is C24H32LiO4P. The monoisotopic (exact) mass is 422 g/mol. The molecule has 0 spiro atoms. The van der Waals surface area contributed by atoms with Crippen molar-refractivity contribution in [1.29, 1.82) is 0 Å². The first-order valence-corrected chi connectivity index (χ1v) is 11.6. The third-order valence-corrected chi connectivity index (χ3v) is 6.29. The first-order valence-electron chi connectivity index (χ1n) is 10.1. The van der Waals surface area contributed by atoms with Gasteiger partial charge in [0.2, 0.25) is 0 Å². The van der Waals surface area contributed by atoms with Crippen LogP contribution in [0.5, 0.6) is 11.5 Å². The van der Waals surface area contributed by atoms with Crippen molar-refractivity contribution in [3.8, 4) is 11.5 Å². The second-order valence-corrected chi connectivity index (χ2v) is 11.6. The molecule has 1 aliphatic heterocycles. The minimum Gasteiger partial charge on any atom is -0.736 e. The maximum absolute atomic E-state index is 13.0. The van der Waals surface area contributed by atoms with Crippen molar-refractivity contribution in [2.45, 2.75) is 79.1 Å². The Morgan fingerprint density at radius 3 is 1.43 bits per heavy atom. The molecule has 0 N–H and O–H groups in total. The zero-order valence-corrected chi connectivity index (χ0v) is 20.9. The van der Waals surface area contributed by atoms with Crippen molar-refractivity contribution < 1.29 is 37.4 Å². The van der Waals surface area contributed by atoms with Gasteiger partial charge in [0.05, 0.1) is 0 Å². The molecule has 0 fully saturated rings. The molecule has 0 amide bonds. The summed E-state index contributed by atoms with van der Waals surface area (Å²) in [6.45, 7) is 18.5. The molecule has 1 aliphatic rings. The molecule has 1 heterocycles. The van der Waals surface area contributed by atoms with Crippen LogP contribution in [0, 0.1) is 13.8 Å². The number of rotatable bonds is 0. The van der Waals surface area contributed by atoms with Gasteiger partial charge in [0, 0.05) is 28.2 Å². The Balaban J connectivity index is 0.00000320. The van der Waals surface area contributed by atoms with Crippen LogP contribution < -0.4 is 32.8 Å². The number of phosphoric acid groups is 1. The molecule has 0 unspecified atom stereocenters. The first kappa shape index (κ1) is 25.1. The van der Waals surface area contributed by atoms with E-state index >= 15 is 0 Å². The van der Waals surface area contributed by atoms with Crippen molar-refractivity contribution >= 4 is 7.82 Å². The molecular weight excluding hydrogens is 390 g/mol. The van der Waals surface area contributed by atoms with Crippen molar-refractivity contribution in [1.82, 2.24) is 0 Å². The van der Waals surface area contributed by atoms with E-state index in [9.17, 15) is 9.46 Å². The van der Waals surface area contributed by atoms with Crippen LogP contribution in [0.4, 0.5) is 0 Å². The van der Waals surface area contributed by atoms with Crippen LogP contribution in [0.15, 0.2) is 24.3 Å². The largest absolute Gasteiger partial charge is 1.00 e. The summed E-state index contributed by atoms with van der Waals surface area (Å²) in [4.78, 5) is 13.0. The van der Waals surface area contributed by atoms with E-state index in [2.05, 4.69) is 48.5 Å². The van der Waals surface area contributed by atoms with Gasteiger partial charge in [-0.25, -0.2) is 4.57 Å². The average Bonchev–Trinajstić information content (AvgIpc) is 2.53. The van der Waals surface area contributed by atoms with E-state index in [0.29, 0.717) is 11.5 Å². The molecule has 0 saturated carbocycles. The molecule has 3 rings (SSSR count). The fraction of sp³-hybridized carbons (Fsp3) is 0.500. The number of hydrogen-bond donors (Lipinski definition) is 0. The van der Waals surface area contributed by atoms with Crippen LogP contribution in [0.3, 0.4) is 0 Å². The van der Waals surface area contributed by atoms with Crippen LogP contribution >= 0.6 is 7.82 Å². The number of benzene rings is 2. The molecule has 158 valence electrons. The molecule has 0 atom stereocenters. The van der Waals surface area contributed by atoms with E-state index in [-0.39, 0.29) is 35.6 Å². The van der Waals surface area contributed by atoms with Gasteiger partial charge in [-0.2, -0.15) is 0 Å². The third kappa shape index (κ3) is 4.84. The van der Waals surface area contributed by atoms with E-state index in [1.807, 2.05) is 38.1 Å². The van der Waals surface area contributed by atoms with Crippen molar-refractivity contribution in [3.05, 3.63) is 57.6 Å². The molecule has 2 aromatic rings. The number of fused-ring (bicyclic) bond motifs is 2. The van der Waals surface area contributed by atoms with Crippen LogP contribution in [0.1, 0.15) is 87.8 Å². The fourth-order valence-electron chi connectivity index (χ4n) is 3.97. The number of aryl methyl sites for hydroxylation is 2. The van der Waals surface area contributed by atoms with Gasteiger partial charge >= 0.3 is 26.7 Å². The Morgan fingerprint density at radius 2 is 1.13 bits per heavy atom. The summed E-state index contributed by atoms with van der Waals surface area (Å²) in [5.74, 6) is 0.721. The molecule has 0 saturated heterocycles. The van der Waals surface area contributed by atoms with Crippen LogP contribution in [0.25, 0.3) is 0 Å². The minimum absolute atomic E-state index is 0. The van der Waals surface area contributed by atoms with Gasteiger partial charge < -0.3 is 13.9 Å². The smallest absolute Gasteiger partial charge is 0.736 e. The Hall–Kier alpha value is -1.17. The van der Waals surface area contributed by atoms with Gasteiger partial charge in [0.1, 0.15) is 11.5 Å². The molecule has 0 aromatic heterocycles. The van der Waals surface area contributed by atoms with E-state index in [1.165, 1.54) is 0 Å². The third-order valence-electron chi connectivity index (χ3n) is 5.48. The predicted octanol–water partition coefficient (Wildman–Crippen LogP) is 3.29. The zero-order valence-electron chi connectivity index (χ0n) is 20.0. The van der Waals surface area contributed by atoms with E-state index in [4.69, 9.17) is 9.05 Å². The molecule has 2 aromatic carbocycles. The molecule has 0 bridgehead atoms. The SMILES string of the molecule is Cc1cc2c(c(C(C)(C)C)c1)OP(=O)([O-])Oc1c(cc(C)cc1C(C)(C)C)C2C.[Li+]. The quantitative estimate of drug-likeness (QED) is 0.483. The second kappa shape index (κ2) is 8.07. The number of phosphoric ester groups is 1. The van der Waals surface area contributed by atoms with E-state index in [1.54, 1.807) is 0 Å². The fourth-order valence-corrected chi connectivity index (χ4v) is 4.87. The Labute approximate surface area is 193 Å². The number of hydrogen-bond acceptors (Lipinski definition) is 4. The summed E-state index contributed by atoms with van der Waals surface area (Å²) >= 11 is 0. The Kier molecular flexibility index (Phi) is 6.75. The summed E-state index contributed by atoms with van der Waals surface area (Å²) in [5, 5.41) is 0.